The van der Waals surface area contributed by atoms with E-state index in [-0.39, 0.29) is 17.6 Å². The third kappa shape index (κ3) is 3.72. The fraction of sp³-hybridized carbons (Fsp3) is 0.250. The lowest BCUT2D eigenvalue weighted by Gasteiger charge is -2.02. The minimum atomic E-state index is -0.372. The zero-order valence-electron chi connectivity index (χ0n) is 10.2. The van der Waals surface area contributed by atoms with Gasteiger partial charge in [-0.25, -0.2) is 0 Å². The number of hydrogen-bond acceptors (Lipinski definition) is 4. The normalized spacial score (nSPS) is 10.5. The molecular formula is C12H14N4O2S. The summed E-state index contributed by atoms with van der Waals surface area (Å²) in [7, 11) is 0. The van der Waals surface area contributed by atoms with E-state index in [1.54, 1.807) is 0 Å². The first-order valence-corrected chi connectivity index (χ1v) is 6.91. The number of amides is 2. The lowest BCUT2D eigenvalue weighted by molar-refractivity contribution is -0.116. The van der Waals surface area contributed by atoms with E-state index in [0.717, 1.165) is 10.9 Å². The molecule has 0 unspecified atom stereocenters. The Morgan fingerprint density at radius 2 is 2.16 bits per heavy atom. The molecule has 1 aromatic heterocycles. The number of aromatic nitrogens is 2. The molecule has 0 saturated carbocycles. The van der Waals surface area contributed by atoms with Crippen LogP contribution >= 0.6 is 11.8 Å². The van der Waals surface area contributed by atoms with Crippen LogP contribution < -0.4 is 11.1 Å². The van der Waals surface area contributed by atoms with Crippen LogP contribution in [0.25, 0.3) is 10.9 Å². The average molecular weight is 278 g/mol. The van der Waals surface area contributed by atoms with Crippen LogP contribution in [-0.4, -0.2) is 33.5 Å². The maximum atomic E-state index is 11.7. The number of anilines is 1. The van der Waals surface area contributed by atoms with Gasteiger partial charge in [0.1, 0.15) is 0 Å². The molecule has 100 valence electrons. The van der Waals surface area contributed by atoms with E-state index in [2.05, 4.69) is 15.5 Å². The number of para-hydroxylation sites is 1. The standard InChI is InChI=1S/C12H14N4O2S/c13-10(17)7-19-6-5-11(18)14-12-8-3-1-2-4-9(8)15-16-12/h1-4H,5-7H2,(H2,13,17)(H2,14,15,16,18). The lowest BCUT2D eigenvalue weighted by atomic mass is 10.2. The first-order chi connectivity index (χ1) is 9.16. The zero-order valence-corrected chi connectivity index (χ0v) is 11.0. The van der Waals surface area contributed by atoms with Crippen molar-refractivity contribution < 1.29 is 9.59 Å². The highest BCUT2D eigenvalue weighted by Gasteiger charge is 2.08. The summed E-state index contributed by atoms with van der Waals surface area (Å²) in [5.41, 5.74) is 5.88. The highest BCUT2D eigenvalue weighted by Crippen LogP contribution is 2.19. The fourth-order valence-electron chi connectivity index (χ4n) is 1.59. The molecule has 0 aliphatic heterocycles. The van der Waals surface area contributed by atoms with Crippen LogP contribution in [0.2, 0.25) is 0 Å². The Bertz CT molecular complexity index is 596. The van der Waals surface area contributed by atoms with Crippen molar-refractivity contribution in [3.8, 4) is 0 Å². The van der Waals surface area contributed by atoms with Crippen molar-refractivity contribution in [1.29, 1.82) is 0 Å². The van der Waals surface area contributed by atoms with Crippen molar-refractivity contribution >= 4 is 40.3 Å². The fourth-order valence-corrected chi connectivity index (χ4v) is 2.27. The molecule has 0 saturated heterocycles. The van der Waals surface area contributed by atoms with Gasteiger partial charge in [0.05, 0.1) is 11.3 Å². The molecular weight excluding hydrogens is 264 g/mol. The quantitative estimate of drug-likeness (QED) is 0.689. The molecule has 2 amide bonds. The van der Waals surface area contributed by atoms with Crippen LogP contribution in [0.5, 0.6) is 0 Å². The summed E-state index contributed by atoms with van der Waals surface area (Å²) in [6.45, 7) is 0. The second-order valence-corrected chi connectivity index (χ2v) is 5.04. The number of thioether (sulfide) groups is 1. The van der Waals surface area contributed by atoms with E-state index in [1.165, 1.54) is 11.8 Å². The number of aromatic amines is 1. The topological polar surface area (TPSA) is 101 Å². The Morgan fingerprint density at radius 1 is 1.37 bits per heavy atom. The molecule has 2 aromatic rings. The predicted molar refractivity (Wildman–Crippen MR) is 75.9 cm³/mol. The number of hydrogen-bond donors (Lipinski definition) is 3. The molecule has 7 heteroatoms. The van der Waals surface area contributed by atoms with Gasteiger partial charge in [0.2, 0.25) is 11.8 Å². The van der Waals surface area contributed by atoms with E-state index in [4.69, 9.17) is 5.73 Å². The van der Waals surface area contributed by atoms with Crippen LogP contribution in [0.3, 0.4) is 0 Å². The summed E-state index contributed by atoms with van der Waals surface area (Å²) in [4.78, 5) is 22.2. The Hall–Kier alpha value is -2.02. The smallest absolute Gasteiger partial charge is 0.227 e. The van der Waals surface area contributed by atoms with Crippen molar-refractivity contribution in [1.82, 2.24) is 10.2 Å². The third-order valence-corrected chi connectivity index (χ3v) is 3.43. The molecule has 0 bridgehead atoms. The molecule has 6 nitrogen and oxygen atoms in total. The van der Waals surface area contributed by atoms with E-state index < -0.39 is 0 Å². The Labute approximate surface area is 114 Å². The molecule has 0 atom stereocenters. The third-order valence-electron chi connectivity index (χ3n) is 2.45. The largest absolute Gasteiger partial charge is 0.369 e. The first-order valence-electron chi connectivity index (χ1n) is 5.76. The molecule has 0 fully saturated rings. The van der Waals surface area contributed by atoms with Gasteiger partial charge in [-0.3, -0.25) is 14.7 Å². The molecule has 0 aliphatic carbocycles. The summed E-state index contributed by atoms with van der Waals surface area (Å²) < 4.78 is 0. The van der Waals surface area contributed by atoms with Crippen LogP contribution in [0, 0.1) is 0 Å². The number of nitrogens with one attached hydrogen (secondary N) is 2. The number of nitrogens with zero attached hydrogens (tertiary/aromatic N) is 1. The maximum Gasteiger partial charge on any atom is 0.227 e. The number of benzene rings is 1. The SMILES string of the molecule is NC(=O)CSCCC(=O)Nc1n[nH]c2ccccc12. The van der Waals surface area contributed by atoms with Crippen LogP contribution in [0.15, 0.2) is 24.3 Å². The zero-order chi connectivity index (χ0) is 13.7. The number of fused-ring (bicyclic) bond motifs is 1. The minimum absolute atomic E-state index is 0.130. The van der Waals surface area contributed by atoms with Gasteiger partial charge in [0.15, 0.2) is 5.82 Å². The molecule has 1 aromatic carbocycles. The second kappa shape index (κ2) is 6.24. The van der Waals surface area contributed by atoms with Gasteiger partial charge < -0.3 is 11.1 Å². The molecule has 4 N–H and O–H groups in total. The van der Waals surface area contributed by atoms with Crippen molar-refractivity contribution in [2.24, 2.45) is 5.73 Å². The second-order valence-electron chi connectivity index (χ2n) is 3.93. The van der Waals surface area contributed by atoms with Gasteiger partial charge >= 0.3 is 0 Å². The highest BCUT2D eigenvalue weighted by atomic mass is 32.2. The number of rotatable bonds is 6. The summed E-state index contributed by atoms with van der Waals surface area (Å²) in [6.07, 6.45) is 0.319. The molecule has 0 radical (unpaired) electrons. The van der Waals surface area contributed by atoms with E-state index in [9.17, 15) is 9.59 Å². The van der Waals surface area contributed by atoms with Crippen molar-refractivity contribution in [2.75, 3.05) is 16.8 Å². The summed E-state index contributed by atoms with van der Waals surface area (Å²) in [5.74, 6) is 0.814. The lowest BCUT2D eigenvalue weighted by Crippen LogP contribution is -2.16. The number of carbonyl (C=O) groups excluding carboxylic acids is 2. The molecule has 2 rings (SSSR count). The summed E-state index contributed by atoms with van der Waals surface area (Å²) in [5, 5.41) is 10.5. The van der Waals surface area contributed by atoms with Gasteiger partial charge in [-0.1, -0.05) is 12.1 Å². The van der Waals surface area contributed by atoms with Crippen LogP contribution in [0.1, 0.15) is 6.42 Å². The van der Waals surface area contributed by atoms with Gasteiger partial charge in [0, 0.05) is 17.6 Å². The number of H-pyrrole nitrogens is 1. The maximum absolute atomic E-state index is 11.7. The molecule has 1 heterocycles. The Morgan fingerprint density at radius 3 is 2.95 bits per heavy atom. The number of carbonyl (C=O) groups is 2. The van der Waals surface area contributed by atoms with Gasteiger partial charge in [-0.2, -0.15) is 16.9 Å². The van der Waals surface area contributed by atoms with Crippen LogP contribution in [0.4, 0.5) is 5.82 Å². The monoisotopic (exact) mass is 278 g/mol. The Kier molecular flexibility index (Phi) is 4.40. The van der Waals surface area contributed by atoms with Crippen molar-refractivity contribution in [2.45, 2.75) is 6.42 Å². The van der Waals surface area contributed by atoms with Gasteiger partial charge in [0.25, 0.3) is 0 Å². The van der Waals surface area contributed by atoms with Gasteiger partial charge in [-0.15, -0.1) is 0 Å². The molecule has 0 spiro atoms. The predicted octanol–water partition coefficient (Wildman–Crippen LogP) is 1.11. The summed E-state index contributed by atoms with van der Waals surface area (Å²) >= 11 is 1.34. The van der Waals surface area contributed by atoms with Crippen molar-refractivity contribution in [3.63, 3.8) is 0 Å². The average Bonchev–Trinajstić information content (AvgIpc) is 2.78. The van der Waals surface area contributed by atoms with E-state index in [1.807, 2.05) is 24.3 Å². The Balaban J connectivity index is 1.87. The van der Waals surface area contributed by atoms with E-state index in [0.29, 0.717) is 18.0 Å². The summed E-state index contributed by atoms with van der Waals surface area (Å²) in [6, 6.07) is 7.56. The minimum Gasteiger partial charge on any atom is -0.369 e. The van der Waals surface area contributed by atoms with E-state index >= 15 is 0 Å². The molecule has 0 aliphatic rings. The number of primary amides is 1. The first kappa shape index (κ1) is 13.4. The van der Waals surface area contributed by atoms with Gasteiger partial charge in [-0.05, 0) is 12.1 Å². The number of nitrogens with two attached hydrogens (primary N) is 1. The molecule has 19 heavy (non-hydrogen) atoms. The van der Waals surface area contributed by atoms with Crippen LogP contribution in [-0.2, 0) is 9.59 Å². The van der Waals surface area contributed by atoms with Crippen molar-refractivity contribution in [3.05, 3.63) is 24.3 Å². The highest BCUT2D eigenvalue weighted by molar-refractivity contribution is 7.99.